The summed E-state index contributed by atoms with van der Waals surface area (Å²) in [5, 5.41) is 50.0. The highest BCUT2D eigenvalue weighted by Gasteiger charge is 2.55. The summed E-state index contributed by atoms with van der Waals surface area (Å²) >= 11 is 0. The fourth-order valence-corrected chi connectivity index (χ4v) is 5.20. The van der Waals surface area contributed by atoms with Gasteiger partial charge in [0.05, 0.1) is 25.2 Å². The lowest BCUT2D eigenvalue weighted by Gasteiger charge is -2.39. The quantitative estimate of drug-likeness (QED) is 0.315. The molecule has 0 radical (unpaired) electrons. The number of carbonyl (C=O) groups is 2. The van der Waals surface area contributed by atoms with Crippen LogP contribution in [0.5, 0.6) is 0 Å². The van der Waals surface area contributed by atoms with E-state index >= 15 is 0 Å². The van der Waals surface area contributed by atoms with Crippen molar-refractivity contribution >= 4 is 11.8 Å². The van der Waals surface area contributed by atoms with Crippen LogP contribution in [0.1, 0.15) is 20.3 Å². The number of ether oxygens (including phenoxy) is 3. The van der Waals surface area contributed by atoms with Crippen molar-refractivity contribution in [3.8, 4) is 0 Å². The largest absolute Gasteiger partial charge is 0.461 e. The maximum absolute atomic E-state index is 12.8. The first-order valence-corrected chi connectivity index (χ1v) is 10.4. The number of allylic oxidation sites excluding steroid dienone is 1. The van der Waals surface area contributed by atoms with Crippen LogP contribution in [0.15, 0.2) is 22.8 Å². The normalized spacial score (nSPS) is 45.2. The van der Waals surface area contributed by atoms with Gasteiger partial charge >= 0.3 is 5.97 Å². The molecule has 2 aliphatic carbocycles. The van der Waals surface area contributed by atoms with Gasteiger partial charge in [0, 0.05) is 17.4 Å². The standard InChI is InChI=1S/C21H28O10/c1-7-3-10(23)14-8(2)20(28)31-19(14)15-9(4-11(24)13(7)15)6-29-21-18(27)17(26)16(25)12(5-22)30-21/h4,8,10,12,14-19,21-23,25-27H,3,5-6H2,1-2H3. The van der Waals surface area contributed by atoms with E-state index in [0.717, 1.165) is 5.57 Å². The number of aliphatic hydroxyl groups excluding tert-OH is 5. The van der Waals surface area contributed by atoms with Crippen LogP contribution < -0.4 is 0 Å². The molecule has 4 aliphatic rings. The minimum absolute atomic E-state index is 0.179. The SMILES string of the molecule is CC1=C2C(=O)C=C(COC3OC(CO)C(O)C(O)C3O)C2C2OC(=O)C(C)C2C(O)C1. The molecular formula is C21H28O10. The van der Waals surface area contributed by atoms with Crippen molar-refractivity contribution in [1.29, 1.82) is 0 Å². The molecule has 0 saturated carbocycles. The molecule has 2 aliphatic heterocycles. The summed E-state index contributed by atoms with van der Waals surface area (Å²) in [5.41, 5.74) is 1.70. The van der Waals surface area contributed by atoms with Crippen LogP contribution in [0.25, 0.3) is 0 Å². The van der Waals surface area contributed by atoms with Gasteiger partial charge in [-0.25, -0.2) is 0 Å². The number of ketones is 1. The number of hydrogen-bond acceptors (Lipinski definition) is 10. The highest BCUT2D eigenvalue weighted by molar-refractivity contribution is 6.09. The monoisotopic (exact) mass is 440 g/mol. The van der Waals surface area contributed by atoms with Crippen molar-refractivity contribution in [2.75, 3.05) is 13.2 Å². The summed E-state index contributed by atoms with van der Waals surface area (Å²) in [5.74, 6) is -2.27. The zero-order valence-corrected chi connectivity index (χ0v) is 17.2. The number of rotatable bonds is 4. The fourth-order valence-electron chi connectivity index (χ4n) is 5.20. The molecule has 172 valence electrons. The Labute approximate surface area is 178 Å². The third kappa shape index (κ3) is 3.66. The predicted octanol–water partition coefficient (Wildman–Crippen LogP) is -1.81. The van der Waals surface area contributed by atoms with Gasteiger partial charge in [-0.15, -0.1) is 0 Å². The molecule has 10 unspecified atom stereocenters. The van der Waals surface area contributed by atoms with Gasteiger partial charge in [0.1, 0.15) is 30.5 Å². The minimum atomic E-state index is -1.58. The van der Waals surface area contributed by atoms with E-state index < -0.39 is 73.2 Å². The average molecular weight is 440 g/mol. The Balaban J connectivity index is 1.57. The first-order chi connectivity index (χ1) is 14.6. The van der Waals surface area contributed by atoms with E-state index in [4.69, 9.17) is 14.2 Å². The van der Waals surface area contributed by atoms with Crippen LogP contribution >= 0.6 is 0 Å². The van der Waals surface area contributed by atoms with Crippen LogP contribution in [0.4, 0.5) is 0 Å². The fraction of sp³-hybridized carbons (Fsp3) is 0.714. The molecule has 0 aromatic heterocycles. The van der Waals surface area contributed by atoms with E-state index in [1.165, 1.54) is 6.08 Å². The zero-order valence-electron chi connectivity index (χ0n) is 17.2. The first kappa shape index (κ1) is 22.5. The molecule has 0 aromatic rings. The molecule has 31 heavy (non-hydrogen) atoms. The lowest BCUT2D eigenvalue weighted by molar-refractivity contribution is -0.299. The molecule has 0 spiro atoms. The minimum Gasteiger partial charge on any atom is -0.461 e. The van der Waals surface area contributed by atoms with Crippen LogP contribution in [0, 0.1) is 17.8 Å². The van der Waals surface area contributed by atoms with Crippen LogP contribution in [-0.2, 0) is 23.8 Å². The molecular weight excluding hydrogens is 412 g/mol. The van der Waals surface area contributed by atoms with E-state index in [2.05, 4.69) is 0 Å². The number of hydrogen-bond donors (Lipinski definition) is 5. The van der Waals surface area contributed by atoms with Gasteiger partial charge in [0.25, 0.3) is 0 Å². The molecule has 2 fully saturated rings. The highest BCUT2D eigenvalue weighted by Crippen LogP contribution is 2.48. The van der Waals surface area contributed by atoms with Gasteiger partial charge in [0.15, 0.2) is 12.1 Å². The molecule has 10 atom stereocenters. The van der Waals surface area contributed by atoms with Crippen molar-refractivity contribution < 1.29 is 49.3 Å². The molecule has 2 saturated heterocycles. The number of aliphatic hydroxyl groups is 5. The predicted molar refractivity (Wildman–Crippen MR) is 102 cm³/mol. The molecule has 5 N–H and O–H groups in total. The van der Waals surface area contributed by atoms with Gasteiger partial charge in [-0.05, 0) is 25.0 Å². The summed E-state index contributed by atoms with van der Waals surface area (Å²) in [4.78, 5) is 25.0. The summed E-state index contributed by atoms with van der Waals surface area (Å²) in [6.07, 6.45) is -7.01. The molecule has 10 heteroatoms. The van der Waals surface area contributed by atoms with E-state index in [-0.39, 0.29) is 18.8 Å². The molecule has 0 bridgehead atoms. The summed E-state index contributed by atoms with van der Waals surface area (Å²) in [7, 11) is 0. The van der Waals surface area contributed by atoms with Crippen molar-refractivity contribution in [2.45, 2.75) is 63.2 Å². The van der Waals surface area contributed by atoms with Crippen LogP contribution in [0.3, 0.4) is 0 Å². The second-order valence-corrected chi connectivity index (χ2v) is 8.80. The zero-order chi connectivity index (χ0) is 22.6. The lowest BCUT2D eigenvalue weighted by atomic mass is 9.79. The summed E-state index contributed by atoms with van der Waals surface area (Å²) < 4.78 is 16.6. The Morgan fingerprint density at radius 2 is 1.84 bits per heavy atom. The Morgan fingerprint density at radius 3 is 2.52 bits per heavy atom. The molecule has 2 heterocycles. The van der Waals surface area contributed by atoms with E-state index in [9.17, 15) is 35.1 Å². The topological polar surface area (TPSA) is 163 Å². The van der Waals surface area contributed by atoms with Gasteiger partial charge in [0.2, 0.25) is 0 Å². The maximum Gasteiger partial charge on any atom is 0.309 e. The summed E-state index contributed by atoms with van der Waals surface area (Å²) in [6.45, 7) is 2.70. The Morgan fingerprint density at radius 1 is 1.13 bits per heavy atom. The third-order valence-corrected chi connectivity index (χ3v) is 6.88. The number of fused-ring (bicyclic) bond motifs is 3. The van der Waals surface area contributed by atoms with Crippen molar-refractivity contribution in [1.82, 2.24) is 0 Å². The lowest BCUT2D eigenvalue weighted by Crippen LogP contribution is -2.59. The second-order valence-electron chi connectivity index (χ2n) is 8.80. The Kier molecular flexibility index (Phi) is 6.08. The molecule has 10 nitrogen and oxygen atoms in total. The molecule has 0 amide bonds. The van der Waals surface area contributed by atoms with E-state index in [1.807, 2.05) is 0 Å². The van der Waals surface area contributed by atoms with Crippen molar-refractivity contribution in [3.05, 3.63) is 22.8 Å². The smallest absolute Gasteiger partial charge is 0.309 e. The van der Waals surface area contributed by atoms with Gasteiger partial charge in [-0.1, -0.05) is 12.5 Å². The van der Waals surface area contributed by atoms with Crippen molar-refractivity contribution in [2.24, 2.45) is 17.8 Å². The maximum atomic E-state index is 12.8. The second kappa shape index (κ2) is 8.36. The van der Waals surface area contributed by atoms with Gasteiger partial charge in [-0.3, -0.25) is 9.59 Å². The summed E-state index contributed by atoms with van der Waals surface area (Å²) in [6, 6.07) is 0. The number of carbonyl (C=O) groups excluding carboxylic acids is 2. The van der Waals surface area contributed by atoms with Crippen LogP contribution in [0.2, 0.25) is 0 Å². The van der Waals surface area contributed by atoms with Crippen molar-refractivity contribution in [3.63, 3.8) is 0 Å². The number of esters is 1. The average Bonchev–Trinajstić information content (AvgIpc) is 3.17. The first-order valence-electron chi connectivity index (χ1n) is 10.4. The highest BCUT2D eigenvalue weighted by atomic mass is 16.7. The molecule has 4 rings (SSSR count). The van der Waals surface area contributed by atoms with Crippen LogP contribution in [-0.4, -0.2) is 93.4 Å². The Hall–Kier alpha value is -1.66. The van der Waals surface area contributed by atoms with E-state index in [1.54, 1.807) is 13.8 Å². The van der Waals surface area contributed by atoms with Gasteiger partial charge in [-0.2, -0.15) is 0 Å². The molecule has 0 aromatic carbocycles. The van der Waals surface area contributed by atoms with Gasteiger partial charge < -0.3 is 39.7 Å². The Bertz CT molecular complexity index is 817. The third-order valence-electron chi connectivity index (χ3n) is 6.88. The van der Waals surface area contributed by atoms with E-state index in [0.29, 0.717) is 11.1 Å².